The number of nitrogens with one attached hydrogen (secondary N) is 1. The Morgan fingerprint density at radius 1 is 1.29 bits per heavy atom. The molecule has 0 radical (unpaired) electrons. The third-order valence-electron chi connectivity index (χ3n) is 1.39. The largest absolute Gasteiger partial charge is 0.369 e. The maximum absolute atomic E-state index is 11.3. The van der Waals surface area contributed by atoms with Crippen LogP contribution >= 0.6 is 15.9 Å². The highest BCUT2D eigenvalue weighted by molar-refractivity contribution is 9.10. The highest BCUT2D eigenvalue weighted by Crippen LogP contribution is 2.10. The molecule has 1 aromatic carbocycles. The minimum atomic E-state index is -0.356. The molecule has 0 saturated heterocycles. The third kappa shape index (κ3) is 3.06. The summed E-state index contributed by atoms with van der Waals surface area (Å²) in [6.45, 7) is 0. The Balaban J connectivity index is 2.70. The average Bonchev–Trinajstić information content (AvgIpc) is 2.15. The van der Waals surface area contributed by atoms with Gasteiger partial charge in [-0.1, -0.05) is 15.9 Å². The van der Waals surface area contributed by atoms with E-state index in [0.717, 1.165) is 4.47 Å². The van der Waals surface area contributed by atoms with Gasteiger partial charge in [0.05, 0.1) is 0 Å². The van der Waals surface area contributed by atoms with E-state index in [9.17, 15) is 4.79 Å². The lowest BCUT2D eigenvalue weighted by Gasteiger charge is -1.99. The van der Waals surface area contributed by atoms with Crippen molar-refractivity contribution >= 4 is 27.8 Å². The summed E-state index contributed by atoms with van der Waals surface area (Å²) < 4.78 is 0.899. The molecule has 0 aliphatic rings. The minimum Gasteiger partial charge on any atom is -0.369 e. The van der Waals surface area contributed by atoms with Gasteiger partial charge in [-0.15, -0.1) is 5.10 Å². The molecule has 0 heterocycles. The van der Waals surface area contributed by atoms with Gasteiger partial charge in [-0.05, 0) is 24.3 Å². The van der Waals surface area contributed by atoms with Gasteiger partial charge < -0.3 is 11.5 Å². The average molecular weight is 257 g/mol. The van der Waals surface area contributed by atoms with Crippen LogP contribution in [0.1, 0.15) is 10.4 Å². The molecule has 0 unspecified atom stereocenters. The van der Waals surface area contributed by atoms with E-state index >= 15 is 0 Å². The summed E-state index contributed by atoms with van der Waals surface area (Å²) in [4.78, 5) is 11.3. The molecule has 0 spiro atoms. The molecule has 6 heteroatoms. The molecule has 0 aliphatic carbocycles. The third-order valence-corrected chi connectivity index (χ3v) is 1.92. The van der Waals surface area contributed by atoms with Crippen LogP contribution in [0, 0.1) is 0 Å². The minimum absolute atomic E-state index is 0.185. The van der Waals surface area contributed by atoms with Crippen LogP contribution in [0.25, 0.3) is 0 Å². The van der Waals surface area contributed by atoms with Crippen molar-refractivity contribution in [1.29, 1.82) is 0 Å². The first-order chi connectivity index (χ1) is 6.59. The molecule has 14 heavy (non-hydrogen) atoms. The summed E-state index contributed by atoms with van der Waals surface area (Å²) in [5.41, 5.74) is 12.8. The quantitative estimate of drug-likeness (QED) is 0.406. The lowest BCUT2D eigenvalue weighted by molar-refractivity contribution is 0.0954. The first-order valence-electron chi connectivity index (χ1n) is 3.74. The van der Waals surface area contributed by atoms with Crippen molar-refractivity contribution in [2.75, 3.05) is 0 Å². The molecule has 0 fully saturated rings. The van der Waals surface area contributed by atoms with Crippen LogP contribution in [-0.4, -0.2) is 11.9 Å². The number of guanidine groups is 1. The lowest BCUT2D eigenvalue weighted by atomic mass is 10.2. The summed E-state index contributed by atoms with van der Waals surface area (Å²) in [6, 6.07) is 6.82. The Morgan fingerprint density at radius 2 is 1.86 bits per heavy atom. The topological polar surface area (TPSA) is 93.5 Å². The van der Waals surface area contributed by atoms with Gasteiger partial charge in [-0.25, -0.2) is 5.43 Å². The number of hydrogen-bond donors (Lipinski definition) is 3. The van der Waals surface area contributed by atoms with E-state index in [1.165, 1.54) is 0 Å². The molecule has 5 nitrogen and oxygen atoms in total. The molecule has 1 aromatic rings. The molecule has 1 amide bonds. The number of rotatable bonds is 2. The molecule has 0 atom stereocenters. The molecular weight excluding hydrogens is 248 g/mol. The van der Waals surface area contributed by atoms with E-state index in [0.29, 0.717) is 5.56 Å². The van der Waals surface area contributed by atoms with Crippen LogP contribution in [0.4, 0.5) is 0 Å². The number of nitrogens with two attached hydrogens (primary N) is 2. The van der Waals surface area contributed by atoms with Crippen LogP contribution in [0.5, 0.6) is 0 Å². The fraction of sp³-hybridized carbons (Fsp3) is 0. The van der Waals surface area contributed by atoms with E-state index in [4.69, 9.17) is 11.5 Å². The number of carbonyl (C=O) groups excluding carboxylic acids is 1. The molecule has 0 bridgehead atoms. The molecule has 0 aromatic heterocycles. The lowest BCUT2D eigenvalue weighted by Crippen LogP contribution is -2.28. The summed E-state index contributed by atoms with van der Waals surface area (Å²) in [5, 5.41) is 3.38. The standard InChI is InChI=1S/C8H9BrN4O/c9-6-3-1-5(2-4-6)7(14)12-13-8(10)11/h1-4H,(H,12,14)(H4,10,11,13). The number of benzene rings is 1. The fourth-order valence-electron chi connectivity index (χ4n) is 0.781. The second-order valence-corrected chi connectivity index (χ2v) is 3.40. The number of hydrazone groups is 1. The smallest absolute Gasteiger partial charge is 0.271 e. The zero-order valence-corrected chi connectivity index (χ0v) is 8.78. The van der Waals surface area contributed by atoms with Crippen LogP contribution in [0.3, 0.4) is 0 Å². The van der Waals surface area contributed by atoms with E-state index in [2.05, 4.69) is 26.5 Å². The van der Waals surface area contributed by atoms with Gasteiger partial charge in [0.25, 0.3) is 5.91 Å². The van der Waals surface area contributed by atoms with Gasteiger partial charge in [0, 0.05) is 10.0 Å². The Bertz CT molecular complexity index is 356. The maximum atomic E-state index is 11.3. The summed E-state index contributed by atoms with van der Waals surface area (Å²) in [7, 11) is 0. The Kier molecular flexibility index (Phi) is 3.47. The van der Waals surface area contributed by atoms with Crippen molar-refractivity contribution in [2.45, 2.75) is 0 Å². The number of hydrogen-bond acceptors (Lipinski definition) is 2. The number of nitrogens with zero attached hydrogens (tertiary/aromatic N) is 1. The van der Waals surface area contributed by atoms with Gasteiger partial charge in [-0.3, -0.25) is 4.79 Å². The van der Waals surface area contributed by atoms with Crippen LogP contribution in [0.2, 0.25) is 0 Å². The van der Waals surface area contributed by atoms with E-state index in [1.807, 2.05) is 0 Å². The zero-order chi connectivity index (χ0) is 10.6. The fourth-order valence-corrected chi connectivity index (χ4v) is 1.05. The van der Waals surface area contributed by atoms with E-state index in [-0.39, 0.29) is 11.9 Å². The van der Waals surface area contributed by atoms with E-state index < -0.39 is 0 Å². The van der Waals surface area contributed by atoms with E-state index in [1.54, 1.807) is 24.3 Å². The highest BCUT2D eigenvalue weighted by atomic mass is 79.9. The Morgan fingerprint density at radius 3 is 2.36 bits per heavy atom. The molecule has 0 aliphatic heterocycles. The van der Waals surface area contributed by atoms with Crippen molar-refractivity contribution in [3.63, 3.8) is 0 Å². The molecule has 5 N–H and O–H groups in total. The summed E-state index contributed by atoms with van der Waals surface area (Å²) in [5.74, 6) is -0.540. The van der Waals surface area contributed by atoms with Crippen LogP contribution in [0.15, 0.2) is 33.8 Å². The van der Waals surface area contributed by atoms with Crippen LogP contribution < -0.4 is 16.9 Å². The maximum Gasteiger partial charge on any atom is 0.271 e. The summed E-state index contributed by atoms with van der Waals surface area (Å²) in [6.07, 6.45) is 0. The molecular formula is C8H9BrN4O. The van der Waals surface area contributed by atoms with Crippen molar-refractivity contribution in [3.8, 4) is 0 Å². The second kappa shape index (κ2) is 4.61. The van der Waals surface area contributed by atoms with Gasteiger partial charge in [0.15, 0.2) is 0 Å². The predicted octanol–water partition coefficient (Wildman–Crippen LogP) is 0.367. The van der Waals surface area contributed by atoms with Crippen molar-refractivity contribution in [2.24, 2.45) is 16.6 Å². The van der Waals surface area contributed by atoms with Gasteiger partial charge in [0.1, 0.15) is 0 Å². The number of amides is 1. The van der Waals surface area contributed by atoms with Crippen molar-refractivity contribution < 1.29 is 4.79 Å². The van der Waals surface area contributed by atoms with Crippen molar-refractivity contribution in [3.05, 3.63) is 34.3 Å². The normalized spacial score (nSPS) is 9.21. The first kappa shape index (κ1) is 10.5. The molecule has 74 valence electrons. The zero-order valence-electron chi connectivity index (χ0n) is 7.20. The van der Waals surface area contributed by atoms with Gasteiger partial charge in [-0.2, -0.15) is 0 Å². The number of carbonyl (C=O) groups is 1. The number of halogens is 1. The van der Waals surface area contributed by atoms with Gasteiger partial charge >= 0.3 is 0 Å². The summed E-state index contributed by atoms with van der Waals surface area (Å²) >= 11 is 3.26. The second-order valence-electron chi connectivity index (χ2n) is 2.48. The Labute approximate surface area is 89.3 Å². The van der Waals surface area contributed by atoms with Crippen LogP contribution in [-0.2, 0) is 0 Å². The first-order valence-corrected chi connectivity index (χ1v) is 4.53. The predicted molar refractivity (Wildman–Crippen MR) is 57.4 cm³/mol. The highest BCUT2D eigenvalue weighted by Gasteiger charge is 2.02. The SMILES string of the molecule is NC(N)=NNC(=O)c1ccc(Br)cc1. The van der Waals surface area contributed by atoms with Crippen molar-refractivity contribution in [1.82, 2.24) is 5.43 Å². The Hall–Kier alpha value is -1.56. The molecule has 0 saturated carbocycles. The monoisotopic (exact) mass is 256 g/mol. The van der Waals surface area contributed by atoms with Gasteiger partial charge in [0.2, 0.25) is 5.96 Å². The molecule has 1 rings (SSSR count).